The summed E-state index contributed by atoms with van der Waals surface area (Å²) in [5.41, 5.74) is 6.39. The van der Waals surface area contributed by atoms with E-state index in [1.165, 1.54) is 17.1 Å². The number of aryl methyl sites for hydroxylation is 1. The lowest BCUT2D eigenvalue weighted by Crippen LogP contribution is -2.15. The maximum atomic E-state index is 11.9. The van der Waals surface area contributed by atoms with E-state index in [2.05, 4.69) is 15.4 Å². The van der Waals surface area contributed by atoms with Crippen molar-refractivity contribution in [3.05, 3.63) is 35.1 Å². The van der Waals surface area contributed by atoms with Crippen LogP contribution in [0.15, 0.2) is 24.5 Å². The van der Waals surface area contributed by atoms with E-state index < -0.39 is 0 Å². The lowest BCUT2D eigenvalue weighted by atomic mass is 10.2. The van der Waals surface area contributed by atoms with E-state index >= 15 is 0 Å². The van der Waals surface area contributed by atoms with Crippen LogP contribution in [-0.4, -0.2) is 20.7 Å². The second-order valence-corrected chi connectivity index (χ2v) is 3.81. The highest BCUT2D eigenvalue weighted by Gasteiger charge is 2.12. The molecule has 6 nitrogen and oxygen atoms in total. The zero-order valence-corrected chi connectivity index (χ0v) is 9.77. The summed E-state index contributed by atoms with van der Waals surface area (Å²) in [5.74, 6) is -0.00556. The summed E-state index contributed by atoms with van der Waals surface area (Å²) in [7, 11) is 1.67. The summed E-state index contributed by atoms with van der Waals surface area (Å²) in [5, 5.41) is 6.73. The summed E-state index contributed by atoms with van der Waals surface area (Å²) in [6, 6.07) is 4.69. The van der Waals surface area contributed by atoms with E-state index in [0.717, 1.165) is 0 Å². The Bertz CT molecular complexity index is 566. The molecule has 0 atom stereocenters. The van der Waals surface area contributed by atoms with Crippen molar-refractivity contribution in [2.24, 2.45) is 7.05 Å². The summed E-state index contributed by atoms with van der Waals surface area (Å²) >= 11 is 5.92. The number of carbonyl (C=O) groups is 1. The van der Waals surface area contributed by atoms with Crippen LogP contribution < -0.4 is 11.1 Å². The topological polar surface area (TPSA) is 85.8 Å². The molecule has 1 aromatic carbocycles. The van der Waals surface area contributed by atoms with Crippen LogP contribution in [0, 0.1) is 0 Å². The number of benzene rings is 1. The Morgan fingerprint density at radius 1 is 1.53 bits per heavy atom. The molecule has 0 saturated carbocycles. The maximum absolute atomic E-state index is 11.9. The monoisotopic (exact) mass is 251 g/mol. The average molecular weight is 252 g/mol. The van der Waals surface area contributed by atoms with Gasteiger partial charge in [-0.05, 0) is 18.2 Å². The van der Waals surface area contributed by atoms with Gasteiger partial charge in [-0.1, -0.05) is 11.6 Å². The first kappa shape index (κ1) is 11.4. The van der Waals surface area contributed by atoms with E-state index in [4.69, 9.17) is 17.3 Å². The number of aromatic nitrogens is 3. The zero-order chi connectivity index (χ0) is 12.4. The minimum atomic E-state index is -0.355. The van der Waals surface area contributed by atoms with Gasteiger partial charge in [0.1, 0.15) is 6.33 Å². The van der Waals surface area contributed by atoms with E-state index in [9.17, 15) is 4.79 Å². The van der Waals surface area contributed by atoms with Gasteiger partial charge in [0, 0.05) is 12.7 Å². The Hall–Kier alpha value is -2.08. The Balaban J connectivity index is 2.23. The Morgan fingerprint density at radius 2 is 2.29 bits per heavy atom. The molecular formula is C10H10ClN5O. The molecular weight excluding hydrogens is 242 g/mol. The van der Waals surface area contributed by atoms with Gasteiger partial charge < -0.3 is 5.73 Å². The van der Waals surface area contributed by atoms with Crippen LogP contribution in [0.25, 0.3) is 0 Å². The third kappa shape index (κ3) is 2.36. The quantitative estimate of drug-likeness (QED) is 0.788. The van der Waals surface area contributed by atoms with Crippen LogP contribution in [-0.2, 0) is 7.05 Å². The number of carbonyl (C=O) groups excluding carboxylic acids is 1. The first-order chi connectivity index (χ1) is 8.08. The molecule has 17 heavy (non-hydrogen) atoms. The predicted octanol–water partition coefficient (Wildman–Crippen LogP) is 1.30. The van der Waals surface area contributed by atoms with Crippen molar-refractivity contribution < 1.29 is 4.79 Å². The number of halogens is 1. The molecule has 1 heterocycles. The number of amides is 1. The fourth-order valence-corrected chi connectivity index (χ4v) is 1.57. The number of hydrogen-bond acceptors (Lipinski definition) is 4. The molecule has 88 valence electrons. The molecule has 0 radical (unpaired) electrons. The van der Waals surface area contributed by atoms with E-state index in [0.29, 0.717) is 22.2 Å². The van der Waals surface area contributed by atoms with E-state index in [1.807, 2.05) is 0 Å². The predicted molar refractivity (Wildman–Crippen MR) is 64.8 cm³/mol. The second kappa shape index (κ2) is 4.42. The van der Waals surface area contributed by atoms with Gasteiger partial charge in [0.15, 0.2) is 0 Å². The molecule has 1 aromatic heterocycles. The molecule has 0 spiro atoms. The van der Waals surface area contributed by atoms with E-state index in [-0.39, 0.29) is 5.91 Å². The third-order valence-corrected chi connectivity index (χ3v) is 2.49. The van der Waals surface area contributed by atoms with Crippen LogP contribution >= 0.6 is 11.6 Å². The van der Waals surface area contributed by atoms with Crippen molar-refractivity contribution in [2.75, 3.05) is 11.1 Å². The van der Waals surface area contributed by atoms with Crippen LogP contribution in [0.3, 0.4) is 0 Å². The van der Waals surface area contributed by atoms with Gasteiger partial charge in [-0.15, -0.1) is 0 Å². The number of nitrogens with two attached hydrogens (primary N) is 1. The van der Waals surface area contributed by atoms with Crippen LogP contribution in [0.1, 0.15) is 10.4 Å². The van der Waals surface area contributed by atoms with Gasteiger partial charge in [0.05, 0.1) is 10.6 Å². The molecule has 0 aliphatic heterocycles. The molecule has 0 fully saturated rings. The largest absolute Gasteiger partial charge is 0.399 e. The fourth-order valence-electron chi connectivity index (χ4n) is 1.29. The smallest absolute Gasteiger partial charge is 0.259 e. The number of rotatable bonds is 2. The SMILES string of the molecule is Cn1ncnc1NC(=O)c1ccc(N)cc1Cl. The molecule has 3 N–H and O–H groups in total. The Labute approximate surface area is 102 Å². The van der Waals surface area contributed by atoms with Crippen molar-refractivity contribution in [3.8, 4) is 0 Å². The van der Waals surface area contributed by atoms with Gasteiger partial charge in [-0.3, -0.25) is 10.1 Å². The van der Waals surface area contributed by atoms with Crippen molar-refractivity contribution >= 4 is 29.1 Å². The first-order valence-electron chi connectivity index (χ1n) is 4.78. The summed E-state index contributed by atoms with van der Waals surface area (Å²) in [4.78, 5) is 15.8. The van der Waals surface area contributed by atoms with Crippen LogP contribution in [0.5, 0.6) is 0 Å². The Kier molecular flexibility index (Phi) is 2.97. The van der Waals surface area contributed by atoms with Crippen molar-refractivity contribution in [3.63, 3.8) is 0 Å². The van der Waals surface area contributed by atoms with Crippen LogP contribution in [0.2, 0.25) is 5.02 Å². The lowest BCUT2D eigenvalue weighted by molar-refractivity contribution is 0.102. The molecule has 0 bridgehead atoms. The average Bonchev–Trinajstić information content (AvgIpc) is 2.64. The van der Waals surface area contributed by atoms with Gasteiger partial charge >= 0.3 is 0 Å². The summed E-state index contributed by atoms with van der Waals surface area (Å²) < 4.78 is 1.45. The number of nitrogen functional groups attached to an aromatic ring is 1. The van der Waals surface area contributed by atoms with Crippen molar-refractivity contribution in [1.82, 2.24) is 14.8 Å². The highest BCUT2D eigenvalue weighted by molar-refractivity contribution is 6.34. The zero-order valence-electron chi connectivity index (χ0n) is 9.01. The maximum Gasteiger partial charge on any atom is 0.259 e. The van der Waals surface area contributed by atoms with Gasteiger partial charge in [-0.25, -0.2) is 4.68 Å². The Morgan fingerprint density at radius 3 is 2.88 bits per heavy atom. The third-order valence-electron chi connectivity index (χ3n) is 2.17. The number of nitrogens with one attached hydrogen (secondary N) is 1. The normalized spacial score (nSPS) is 10.2. The van der Waals surface area contributed by atoms with E-state index in [1.54, 1.807) is 19.2 Å². The van der Waals surface area contributed by atoms with Crippen molar-refractivity contribution in [1.29, 1.82) is 0 Å². The lowest BCUT2D eigenvalue weighted by Gasteiger charge is -2.06. The number of anilines is 2. The first-order valence-corrected chi connectivity index (χ1v) is 5.16. The fraction of sp³-hybridized carbons (Fsp3) is 0.100. The molecule has 0 unspecified atom stereocenters. The van der Waals surface area contributed by atoms with Gasteiger partial charge in [0.25, 0.3) is 5.91 Å². The van der Waals surface area contributed by atoms with Crippen LogP contribution in [0.4, 0.5) is 11.6 Å². The number of hydrogen-bond donors (Lipinski definition) is 2. The molecule has 0 saturated heterocycles. The second-order valence-electron chi connectivity index (χ2n) is 3.40. The molecule has 1 amide bonds. The molecule has 0 aliphatic rings. The molecule has 7 heteroatoms. The van der Waals surface area contributed by atoms with Crippen molar-refractivity contribution in [2.45, 2.75) is 0 Å². The van der Waals surface area contributed by atoms with Gasteiger partial charge in [-0.2, -0.15) is 10.1 Å². The standard InChI is InChI=1S/C10H10ClN5O/c1-16-10(13-5-14-16)15-9(17)7-3-2-6(12)4-8(7)11/h2-5H,12H2,1H3,(H,13,14,15,17). The summed E-state index contributed by atoms with van der Waals surface area (Å²) in [6.07, 6.45) is 1.35. The number of nitrogens with zero attached hydrogens (tertiary/aromatic N) is 3. The minimum Gasteiger partial charge on any atom is -0.399 e. The molecule has 2 rings (SSSR count). The summed E-state index contributed by atoms with van der Waals surface area (Å²) in [6.45, 7) is 0. The molecule has 0 aliphatic carbocycles. The highest BCUT2D eigenvalue weighted by Crippen LogP contribution is 2.19. The minimum absolute atomic E-state index is 0.296. The van der Waals surface area contributed by atoms with Gasteiger partial charge in [0.2, 0.25) is 5.95 Å². The highest BCUT2D eigenvalue weighted by atomic mass is 35.5. The molecule has 2 aromatic rings.